The number of aromatic nitrogens is 6. The molecule has 1 fully saturated rings. The summed E-state index contributed by atoms with van der Waals surface area (Å²) in [4.78, 5) is 14.6. The fourth-order valence-corrected chi connectivity index (χ4v) is 4.11. The van der Waals surface area contributed by atoms with Crippen LogP contribution in [0.25, 0.3) is 21.9 Å². The van der Waals surface area contributed by atoms with E-state index in [9.17, 15) is 8.78 Å². The van der Waals surface area contributed by atoms with Crippen LogP contribution in [0, 0.1) is 0 Å². The topological polar surface area (TPSA) is 64.7 Å². The molecule has 4 aromatic rings. The number of imidazole rings is 1. The first-order valence-electron chi connectivity index (χ1n) is 8.76. The highest BCUT2D eigenvalue weighted by atomic mass is 35.5. The number of halogens is 3. The second-order valence-corrected chi connectivity index (χ2v) is 7.55. The standard InChI is InChI=1S/C18H16ClF2N7/c1-26-6-15(18(20,21)8-26)28-16(7-27-10-22-9-24-27)25-14-5-23-13-3-2-11(19)4-12(13)17(14)28/h2-5,9-10,15H,6-8H2,1H3. The van der Waals surface area contributed by atoms with E-state index in [1.54, 1.807) is 45.6 Å². The normalized spacial score (nSPS) is 19.8. The molecular formula is C18H16ClF2N7. The first-order chi connectivity index (χ1) is 13.4. The van der Waals surface area contributed by atoms with Gasteiger partial charge in [-0.1, -0.05) is 11.6 Å². The molecule has 0 radical (unpaired) electrons. The van der Waals surface area contributed by atoms with Gasteiger partial charge in [0.05, 0.1) is 23.8 Å². The van der Waals surface area contributed by atoms with E-state index in [1.807, 2.05) is 0 Å². The lowest BCUT2D eigenvalue weighted by Gasteiger charge is -2.22. The van der Waals surface area contributed by atoms with Crippen LogP contribution in [0.15, 0.2) is 37.1 Å². The number of likely N-dealkylation sites (N-methyl/N-ethyl adjacent to an activating group) is 1. The van der Waals surface area contributed by atoms with E-state index in [-0.39, 0.29) is 19.6 Å². The number of fused-ring (bicyclic) bond motifs is 3. The van der Waals surface area contributed by atoms with Crippen LogP contribution in [-0.2, 0) is 6.54 Å². The Morgan fingerprint density at radius 2 is 2.14 bits per heavy atom. The number of benzene rings is 1. The van der Waals surface area contributed by atoms with Crippen molar-refractivity contribution in [1.82, 2.24) is 34.2 Å². The molecule has 1 atom stereocenters. The van der Waals surface area contributed by atoms with Gasteiger partial charge in [0.25, 0.3) is 5.92 Å². The monoisotopic (exact) mass is 403 g/mol. The van der Waals surface area contributed by atoms with Crippen molar-refractivity contribution in [2.75, 3.05) is 20.1 Å². The van der Waals surface area contributed by atoms with Gasteiger partial charge in [-0.05, 0) is 25.2 Å². The van der Waals surface area contributed by atoms with Crippen molar-refractivity contribution in [1.29, 1.82) is 0 Å². The molecule has 0 N–H and O–H groups in total. The third-order valence-corrected chi connectivity index (χ3v) is 5.32. The number of rotatable bonds is 3. The molecule has 1 saturated heterocycles. The Morgan fingerprint density at radius 3 is 2.86 bits per heavy atom. The summed E-state index contributed by atoms with van der Waals surface area (Å²) in [7, 11) is 1.70. The molecule has 1 aliphatic heterocycles. The zero-order valence-corrected chi connectivity index (χ0v) is 15.7. The lowest BCUT2D eigenvalue weighted by molar-refractivity contribution is -0.0202. The van der Waals surface area contributed by atoms with Gasteiger partial charge in [-0.2, -0.15) is 5.10 Å². The van der Waals surface area contributed by atoms with Crippen molar-refractivity contribution in [3.8, 4) is 0 Å². The lowest BCUT2D eigenvalue weighted by Crippen LogP contribution is -2.31. The van der Waals surface area contributed by atoms with Crippen LogP contribution in [0.3, 0.4) is 0 Å². The third-order valence-electron chi connectivity index (χ3n) is 5.09. The average Bonchev–Trinajstić information content (AvgIpc) is 3.32. The highest BCUT2D eigenvalue weighted by Crippen LogP contribution is 2.40. The second-order valence-electron chi connectivity index (χ2n) is 7.12. The Morgan fingerprint density at radius 1 is 1.29 bits per heavy atom. The summed E-state index contributed by atoms with van der Waals surface area (Å²) in [6, 6.07) is 4.22. The Labute approximate surface area is 163 Å². The number of likely N-dealkylation sites (tertiary alicyclic amines) is 1. The van der Waals surface area contributed by atoms with Crippen molar-refractivity contribution < 1.29 is 8.78 Å². The summed E-state index contributed by atoms with van der Waals surface area (Å²) in [5, 5.41) is 5.31. The minimum atomic E-state index is -2.90. The number of alkyl halides is 2. The predicted molar refractivity (Wildman–Crippen MR) is 101 cm³/mol. The molecule has 0 aliphatic carbocycles. The molecular weight excluding hydrogens is 388 g/mol. The number of hydrogen-bond donors (Lipinski definition) is 0. The van der Waals surface area contributed by atoms with Crippen LogP contribution >= 0.6 is 11.6 Å². The lowest BCUT2D eigenvalue weighted by atomic mass is 10.1. The van der Waals surface area contributed by atoms with Crippen molar-refractivity contribution >= 4 is 33.5 Å². The minimum absolute atomic E-state index is 0.215. The maximum atomic E-state index is 14.9. The number of hydrogen-bond acceptors (Lipinski definition) is 5. The zero-order chi connectivity index (χ0) is 19.5. The molecule has 10 heteroatoms. The number of pyridine rings is 1. The predicted octanol–water partition coefficient (Wildman–Crippen LogP) is 3.00. The molecule has 0 saturated carbocycles. The summed E-state index contributed by atoms with van der Waals surface area (Å²) in [6.45, 7) is 0.143. The van der Waals surface area contributed by atoms with E-state index >= 15 is 0 Å². The van der Waals surface area contributed by atoms with E-state index in [2.05, 4.69) is 20.1 Å². The van der Waals surface area contributed by atoms with E-state index in [1.165, 1.54) is 12.7 Å². The molecule has 7 nitrogen and oxygen atoms in total. The average molecular weight is 404 g/mol. The zero-order valence-electron chi connectivity index (χ0n) is 14.9. The molecule has 0 bridgehead atoms. The van der Waals surface area contributed by atoms with Crippen molar-refractivity contribution in [2.24, 2.45) is 0 Å². The molecule has 4 heterocycles. The third kappa shape index (κ3) is 2.73. The van der Waals surface area contributed by atoms with Gasteiger partial charge in [0, 0.05) is 17.0 Å². The van der Waals surface area contributed by atoms with Crippen molar-refractivity contribution in [3.05, 3.63) is 47.9 Å². The second kappa shape index (κ2) is 6.18. The largest absolute Gasteiger partial charge is 0.315 e. The van der Waals surface area contributed by atoms with Gasteiger partial charge in [0.15, 0.2) is 0 Å². The molecule has 3 aromatic heterocycles. The quantitative estimate of drug-likeness (QED) is 0.526. The van der Waals surface area contributed by atoms with Crippen LogP contribution in [0.4, 0.5) is 8.78 Å². The van der Waals surface area contributed by atoms with Crippen LogP contribution in [-0.4, -0.2) is 60.3 Å². The van der Waals surface area contributed by atoms with Gasteiger partial charge in [-0.3, -0.25) is 9.88 Å². The fourth-order valence-electron chi connectivity index (χ4n) is 3.93. The van der Waals surface area contributed by atoms with E-state index in [0.717, 1.165) is 0 Å². The van der Waals surface area contributed by atoms with Gasteiger partial charge in [0.1, 0.15) is 36.6 Å². The maximum Gasteiger partial charge on any atom is 0.282 e. The Hall–Kier alpha value is -2.65. The first-order valence-corrected chi connectivity index (χ1v) is 9.14. The molecule has 28 heavy (non-hydrogen) atoms. The summed E-state index contributed by atoms with van der Waals surface area (Å²) >= 11 is 6.20. The van der Waals surface area contributed by atoms with Gasteiger partial charge < -0.3 is 4.57 Å². The fraction of sp³-hybridized carbons (Fsp3) is 0.333. The summed E-state index contributed by atoms with van der Waals surface area (Å²) in [5.41, 5.74) is 1.85. The van der Waals surface area contributed by atoms with Crippen molar-refractivity contribution in [3.63, 3.8) is 0 Å². The number of nitrogens with zero attached hydrogens (tertiary/aromatic N) is 7. The Kier molecular flexibility index (Phi) is 3.85. The molecule has 5 rings (SSSR count). The van der Waals surface area contributed by atoms with Crippen LogP contribution < -0.4 is 0 Å². The molecule has 0 spiro atoms. The van der Waals surface area contributed by atoms with Gasteiger partial charge >= 0.3 is 0 Å². The van der Waals surface area contributed by atoms with Crippen molar-refractivity contribution in [2.45, 2.75) is 18.5 Å². The summed E-state index contributed by atoms with van der Waals surface area (Å²) in [6.07, 6.45) is 4.56. The minimum Gasteiger partial charge on any atom is -0.315 e. The van der Waals surface area contributed by atoms with Gasteiger partial charge in [-0.15, -0.1) is 0 Å². The van der Waals surface area contributed by atoms with Crippen LogP contribution in [0.1, 0.15) is 11.9 Å². The molecule has 1 unspecified atom stereocenters. The Bertz CT molecular complexity index is 1170. The molecule has 144 valence electrons. The van der Waals surface area contributed by atoms with Gasteiger partial charge in [0.2, 0.25) is 0 Å². The summed E-state index contributed by atoms with van der Waals surface area (Å²) < 4.78 is 33.1. The molecule has 1 aromatic carbocycles. The smallest absolute Gasteiger partial charge is 0.282 e. The van der Waals surface area contributed by atoms with E-state index in [0.29, 0.717) is 32.8 Å². The Balaban J connectivity index is 1.81. The van der Waals surface area contributed by atoms with Gasteiger partial charge in [-0.25, -0.2) is 23.4 Å². The van der Waals surface area contributed by atoms with E-state index < -0.39 is 12.0 Å². The SMILES string of the molecule is CN1CC(n2c(Cn3cncn3)nc3cnc4ccc(Cl)cc4c32)C(F)(F)C1. The van der Waals surface area contributed by atoms with E-state index in [4.69, 9.17) is 11.6 Å². The summed E-state index contributed by atoms with van der Waals surface area (Å²) in [5.74, 6) is -2.41. The highest BCUT2D eigenvalue weighted by Gasteiger charge is 2.49. The maximum absolute atomic E-state index is 14.9. The molecule has 1 aliphatic rings. The highest BCUT2D eigenvalue weighted by molar-refractivity contribution is 6.31. The van der Waals surface area contributed by atoms with Crippen LogP contribution in [0.2, 0.25) is 5.02 Å². The molecule has 0 amide bonds. The first kappa shape index (κ1) is 17.4. The van der Waals surface area contributed by atoms with Crippen LogP contribution in [0.5, 0.6) is 0 Å².